The lowest BCUT2D eigenvalue weighted by Gasteiger charge is -2.46. The molecule has 1 aromatic carbocycles. The van der Waals surface area contributed by atoms with Gasteiger partial charge < -0.3 is 5.11 Å². The smallest absolute Gasteiger partial charge is 0.221 e. The van der Waals surface area contributed by atoms with E-state index in [4.69, 9.17) is 0 Å². The molecule has 3 N–H and O–H groups in total. The normalized spacial score (nSPS) is 31.9. The zero-order valence-electron chi connectivity index (χ0n) is 14.6. The number of hydrogen-bond acceptors (Lipinski definition) is 7. The molecule has 1 aliphatic carbocycles. The van der Waals surface area contributed by atoms with E-state index >= 15 is 0 Å². The summed E-state index contributed by atoms with van der Waals surface area (Å²) in [6, 6.07) is 7.30. The Morgan fingerprint density at radius 3 is 2.46 bits per heavy atom. The minimum Gasteiger partial charge on any atom is -0.370 e. The van der Waals surface area contributed by atoms with Crippen LogP contribution in [0.2, 0.25) is 0 Å². The van der Waals surface area contributed by atoms with Crippen LogP contribution in [0.4, 0.5) is 5.69 Å². The first kappa shape index (κ1) is 17.7. The third-order valence-corrected chi connectivity index (χ3v) is 5.49. The first-order chi connectivity index (χ1) is 12.3. The highest BCUT2D eigenvalue weighted by Gasteiger charge is 2.50. The molecule has 2 aliphatic heterocycles. The van der Waals surface area contributed by atoms with Gasteiger partial charge in [-0.15, -0.1) is 4.83 Å². The van der Waals surface area contributed by atoms with Gasteiger partial charge in [-0.2, -0.15) is 5.53 Å². The number of aryl methyl sites for hydroxylation is 1. The predicted octanol–water partition coefficient (Wildman–Crippen LogP) is -0.133. The number of aliphatic hydroxyl groups excluding tert-OH is 1. The van der Waals surface area contributed by atoms with Gasteiger partial charge in [0, 0.05) is 6.54 Å². The number of aliphatic hydroxyl groups is 1. The molecule has 1 aromatic rings. The maximum Gasteiger partial charge on any atom is 0.221 e. The van der Waals surface area contributed by atoms with Crippen molar-refractivity contribution in [3.8, 4) is 0 Å². The number of hydrogen-bond donors (Lipinski definition) is 3. The highest BCUT2D eigenvalue weighted by molar-refractivity contribution is 7.88. The summed E-state index contributed by atoms with van der Waals surface area (Å²) in [5.74, 6) is 0. The minimum absolute atomic E-state index is 0.113. The molecule has 2 saturated heterocycles. The Balaban J connectivity index is 1.64. The van der Waals surface area contributed by atoms with Gasteiger partial charge in [-0.1, -0.05) is 42.0 Å². The van der Waals surface area contributed by atoms with Crippen LogP contribution in [0.3, 0.4) is 0 Å². The number of sulfonamides is 1. The van der Waals surface area contributed by atoms with Crippen molar-refractivity contribution in [1.82, 2.24) is 20.4 Å². The lowest BCUT2D eigenvalue weighted by molar-refractivity contribution is -0.0255. The fourth-order valence-corrected chi connectivity index (χ4v) is 4.35. The molecule has 2 heterocycles. The Hall–Kier alpha value is -1.75. The molecule has 8 nitrogen and oxygen atoms in total. The van der Waals surface area contributed by atoms with Gasteiger partial charge in [0.1, 0.15) is 0 Å². The summed E-state index contributed by atoms with van der Waals surface area (Å²) in [6.45, 7) is 2.36. The van der Waals surface area contributed by atoms with Gasteiger partial charge in [0.05, 0.1) is 30.1 Å². The van der Waals surface area contributed by atoms with Gasteiger partial charge in [-0.3, -0.25) is 5.01 Å². The second-order valence-electron chi connectivity index (χ2n) is 6.96. The van der Waals surface area contributed by atoms with Gasteiger partial charge in [0.15, 0.2) is 6.23 Å². The summed E-state index contributed by atoms with van der Waals surface area (Å²) in [5, 5.41) is 16.3. The molecule has 0 saturated carbocycles. The predicted molar refractivity (Wildman–Crippen MR) is 99.0 cm³/mol. The van der Waals surface area contributed by atoms with Crippen LogP contribution in [0.15, 0.2) is 48.6 Å². The number of nitrogens with one attached hydrogen (secondary N) is 2. The molecule has 26 heavy (non-hydrogen) atoms. The van der Waals surface area contributed by atoms with Crippen LogP contribution in [0.1, 0.15) is 5.56 Å². The highest BCUT2D eigenvalue weighted by Crippen LogP contribution is 2.32. The number of piperazine rings is 1. The summed E-state index contributed by atoms with van der Waals surface area (Å²) < 4.78 is 23.5. The van der Waals surface area contributed by atoms with E-state index in [9.17, 15) is 13.5 Å². The number of rotatable bonds is 3. The number of nitrogens with zero attached hydrogens (tertiary/aromatic N) is 3. The van der Waals surface area contributed by atoms with Crippen molar-refractivity contribution < 1.29 is 13.5 Å². The largest absolute Gasteiger partial charge is 0.370 e. The Morgan fingerprint density at radius 1 is 1.15 bits per heavy atom. The standard InChI is InChI=1S/C17H23N5O3S/c1-12-7-9-13(10-8-12)21-17(23)16-11-20(19-26(2,24)25)14-5-3-4-6-15(14)22(16)18-21/h3-10,14-19,23H,11H2,1-2H3. The van der Waals surface area contributed by atoms with Crippen molar-refractivity contribution in [2.75, 3.05) is 17.8 Å². The number of allylic oxidation sites excluding steroid dienone is 2. The van der Waals surface area contributed by atoms with Crippen molar-refractivity contribution in [2.45, 2.75) is 31.3 Å². The fraction of sp³-hybridized carbons (Fsp3) is 0.412. The zero-order valence-corrected chi connectivity index (χ0v) is 15.5. The van der Waals surface area contributed by atoms with Crippen LogP contribution in [0.25, 0.3) is 0 Å². The third-order valence-electron chi connectivity index (χ3n) is 4.93. The maximum absolute atomic E-state index is 11.8. The molecule has 0 radical (unpaired) electrons. The molecule has 2 fully saturated rings. The molecule has 4 rings (SSSR count). The molecular weight excluding hydrogens is 354 g/mol. The molecule has 140 valence electrons. The Morgan fingerprint density at radius 2 is 1.81 bits per heavy atom. The van der Waals surface area contributed by atoms with E-state index in [1.165, 1.54) is 0 Å². The first-order valence-electron chi connectivity index (χ1n) is 8.51. The Bertz CT molecular complexity index is 838. The molecule has 4 atom stereocenters. The third kappa shape index (κ3) is 3.18. The second kappa shape index (κ2) is 6.45. The summed E-state index contributed by atoms with van der Waals surface area (Å²) >= 11 is 0. The van der Waals surface area contributed by atoms with Crippen LogP contribution in [0, 0.1) is 6.92 Å². The van der Waals surface area contributed by atoms with Crippen LogP contribution < -0.4 is 15.4 Å². The molecule has 0 spiro atoms. The molecule has 4 unspecified atom stereocenters. The van der Waals surface area contributed by atoms with E-state index in [1.807, 2.05) is 60.5 Å². The summed E-state index contributed by atoms with van der Waals surface area (Å²) in [7, 11) is -3.41. The van der Waals surface area contributed by atoms with Gasteiger partial charge in [-0.25, -0.2) is 18.4 Å². The van der Waals surface area contributed by atoms with Crippen LogP contribution in [0.5, 0.6) is 0 Å². The SMILES string of the molecule is Cc1ccc(N2NN3C4C=CC=CC4N(NS(C)(=O)=O)CC3C2O)cc1. The lowest BCUT2D eigenvalue weighted by Crippen LogP contribution is -2.68. The second-order valence-corrected chi connectivity index (χ2v) is 8.69. The topological polar surface area (TPSA) is 88.2 Å². The summed E-state index contributed by atoms with van der Waals surface area (Å²) in [6.07, 6.45) is 8.13. The van der Waals surface area contributed by atoms with E-state index in [1.54, 1.807) is 10.0 Å². The van der Waals surface area contributed by atoms with Crippen molar-refractivity contribution in [3.05, 3.63) is 54.1 Å². The van der Waals surface area contributed by atoms with E-state index in [0.29, 0.717) is 6.54 Å². The average Bonchev–Trinajstić information content (AvgIpc) is 2.92. The van der Waals surface area contributed by atoms with Crippen molar-refractivity contribution in [1.29, 1.82) is 0 Å². The van der Waals surface area contributed by atoms with Gasteiger partial charge in [0.25, 0.3) is 0 Å². The first-order valence-corrected chi connectivity index (χ1v) is 10.4. The van der Waals surface area contributed by atoms with E-state index < -0.39 is 16.3 Å². The van der Waals surface area contributed by atoms with Gasteiger partial charge >= 0.3 is 0 Å². The summed E-state index contributed by atoms with van der Waals surface area (Å²) in [5.41, 5.74) is 5.29. The monoisotopic (exact) mass is 377 g/mol. The minimum atomic E-state index is -3.41. The number of fused-ring (bicyclic) bond motifs is 3. The molecule has 0 aromatic heterocycles. The van der Waals surface area contributed by atoms with E-state index in [-0.39, 0.29) is 18.1 Å². The fourth-order valence-electron chi connectivity index (χ4n) is 3.72. The van der Waals surface area contributed by atoms with E-state index in [0.717, 1.165) is 17.5 Å². The Kier molecular flexibility index (Phi) is 4.38. The van der Waals surface area contributed by atoms with Gasteiger partial charge in [0.2, 0.25) is 10.0 Å². The molecule has 3 aliphatic rings. The van der Waals surface area contributed by atoms with Gasteiger partial charge in [-0.05, 0) is 19.1 Å². The zero-order chi connectivity index (χ0) is 18.5. The average molecular weight is 377 g/mol. The number of benzene rings is 1. The van der Waals surface area contributed by atoms with Crippen LogP contribution in [-0.4, -0.2) is 60.7 Å². The maximum atomic E-state index is 11.8. The lowest BCUT2D eigenvalue weighted by atomic mass is 9.96. The summed E-state index contributed by atoms with van der Waals surface area (Å²) in [4.78, 5) is 2.59. The number of anilines is 1. The number of hydrazine groups is 3. The van der Waals surface area contributed by atoms with Crippen LogP contribution >= 0.6 is 0 Å². The molecule has 0 bridgehead atoms. The van der Waals surface area contributed by atoms with Crippen molar-refractivity contribution >= 4 is 15.7 Å². The van der Waals surface area contributed by atoms with Crippen LogP contribution in [-0.2, 0) is 10.0 Å². The molecule has 9 heteroatoms. The highest BCUT2D eigenvalue weighted by atomic mass is 32.2. The van der Waals surface area contributed by atoms with Crippen molar-refractivity contribution in [3.63, 3.8) is 0 Å². The molecule has 0 amide bonds. The quantitative estimate of drug-likeness (QED) is 0.676. The Labute approximate surface area is 153 Å². The van der Waals surface area contributed by atoms with Crippen molar-refractivity contribution in [2.24, 2.45) is 0 Å². The van der Waals surface area contributed by atoms with E-state index in [2.05, 4.69) is 10.4 Å². The molecular formula is C17H23N5O3S.